The van der Waals surface area contributed by atoms with E-state index in [0.29, 0.717) is 6.42 Å². The van der Waals surface area contributed by atoms with E-state index in [1.54, 1.807) is 20.8 Å². The third kappa shape index (κ3) is 5.23. The second-order valence-corrected chi connectivity index (χ2v) is 6.86. The summed E-state index contributed by atoms with van der Waals surface area (Å²) in [6, 6.07) is 0.384. The number of nitrogens with one attached hydrogen (secondary N) is 1. The number of alkyl carbamates (subject to hydrolysis) is 1. The fourth-order valence-corrected chi connectivity index (χ4v) is 2.33. The van der Waals surface area contributed by atoms with Crippen LogP contribution in [0.15, 0.2) is 0 Å². The van der Waals surface area contributed by atoms with Gasteiger partial charge in [-0.15, -0.1) is 0 Å². The van der Waals surface area contributed by atoms with Crippen LogP contribution in [0.25, 0.3) is 0 Å². The Hall–Kier alpha value is -2.10. The molecule has 1 fully saturated rings. The number of Topliss-reactive ketones (excluding diaryl/α,β-unsaturated/α-hetero) is 1. The lowest BCUT2D eigenvalue weighted by molar-refractivity contribution is -0.135. The van der Waals surface area contributed by atoms with Gasteiger partial charge in [0.25, 0.3) is 0 Å². The zero-order valence-electron chi connectivity index (χ0n) is 14.4. The van der Waals surface area contributed by atoms with Gasteiger partial charge in [0.1, 0.15) is 17.7 Å². The molecular formula is C16H25N3O4. The molecule has 1 heterocycles. The van der Waals surface area contributed by atoms with E-state index >= 15 is 0 Å². The average Bonchev–Trinajstić information content (AvgIpc) is 2.82. The fourth-order valence-electron chi connectivity index (χ4n) is 2.33. The third-order valence-electron chi connectivity index (χ3n) is 3.73. The molecule has 1 aliphatic rings. The molecule has 0 unspecified atom stereocenters. The van der Waals surface area contributed by atoms with E-state index in [9.17, 15) is 14.4 Å². The number of hydrogen-bond acceptors (Lipinski definition) is 5. The number of ether oxygens (including phenoxy) is 1. The van der Waals surface area contributed by atoms with Gasteiger partial charge in [-0.2, -0.15) is 5.26 Å². The molecule has 0 saturated carbocycles. The minimum atomic E-state index is -0.823. The summed E-state index contributed by atoms with van der Waals surface area (Å²) in [4.78, 5) is 37.5. The highest BCUT2D eigenvalue weighted by Gasteiger charge is 2.39. The maximum atomic E-state index is 12.7. The zero-order valence-corrected chi connectivity index (χ0v) is 14.4. The summed E-state index contributed by atoms with van der Waals surface area (Å²) in [6.45, 7) is 8.85. The van der Waals surface area contributed by atoms with Crippen LogP contribution < -0.4 is 5.32 Å². The van der Waals surface area contributed by atoms with E-state index in [0.717, 1.165) is 0 Å². The Bertz CT molecular complexity index is 518. The molecule has 0 aliphatic carbocycles. The van der Waals surface area contributed by atoms with Crippen LogP contribution >= 0.6 is 0 Å². The molecule has 0 radical (unpaired) electrons. The molecule has 0 aromatic rings. The minimum Gasteiger partial charge on any atom is -0.444 e. The molecular weight excluding hydrogens is 298 g/mol. The van der Waals surface area contributed by atoms with Gasteiger partial charge in [-0.25, -0.2) is 4.79 Å². The predicted octanol–water partition coefficient (Wildman–Crippen LogP) is 1.62. The van der Waals surface area contributed by atoms with Crippen LogP contribution in [0.2, 0.25) is 0 Å². The van der Waals surface area contributed by atoms with Crippen LogP contribution in [0.1, 0.15) is 47.5 Å². The Kier molecular flexibility index (Phi) is 6.13. The minimum absolute atomic E-state index is 0.0436. The molecule has 0 aromatic carbocycles. The molecule has 7 nitrogen and oxygen atoms in total. The predicted molar refractivity (Wildman–Crippen MR) is 83.4 cm³/mol. The van der Waals surface area contributed by atoms with Gasteiger partial charge in [-0.1, -0.05) is 20.3 Å². The molecule has 2 amide bonds. The molecule has 1 saturated heterocycles. The Morgan fingerprint density at radius 2 is 2.09 bits per heavy atom. The summed E-state index contributed by atoms with van der Waals surface area (Å²) < 4.78 is 5.20. The van der Waals surface area contributed by atoms with E-state index in [2.05, 4.69) is 5.32 Å². The Morgan fingerprint density at radius 1 is 1.48 bits per heavy atom. The van der Waals surface area contributed by atoms with E-state index in [1.807, 2.05) is 19.9 Å². The summed E-state index contributed by atoms with van der Waals surface area (Å²) in [7, 11) is 0. The topological polar surface area (TPSA) is 99.5 Å². The number of carbonyl (C=O) groups is 3. The van der Waals surface area contributed by atoms with Crippen molar-refractivity contribution >= 4 is 17.8 Å². The molecule has 1 aliphatic heterocycles. The normalized spacial score (nSPS) is 20.6. The molecule has 0 aromatic heterocycles. The van der Waals surface area contributed by atoms with Crippen molar-refractivity contribution in [3.05, 3.63) is 0 Å². The van der Waals surface area contributed by atoms with Crippen LogP contribution in [0, 0.1) is 17.2 Å². The number of nitrogens with zero attached hydrogens (tertiary/aromatic N) is 2. The number of likely N-dealkylation sites (tertiary alicyclic amines) is 1. The first kappa shape index (κ1) is 18.9. The van der Waals surface area contributed by atoms with E-state index in [4.69, 9.17) is 10.00 Å². The smallest absolute Gasteiger partial charge is 0.408 e. The summed E-state index contributed by atoms with van der Waals surface area (Å²) in [5.74, 6) is -0.710. The number of rotatable bonds is 4. The number of carbonyl (C=O) groups excluding carboxylic acids is 3. The quantitative estimate of drug-likeness (QED) is 0.847. The Balaban J connectivity index is 2.90. The first-order valence-corrected chi connectivity index (χ1v) is 7.80. The van der Waals surface area contributed by atoms with Crippen LogP contribution in [0.4, 0.5) is 4.79 Å². The van der Waals surface area contributed by atoms with Crippen LogP contribution in [0.3, 0.4) is 0 Å². The Morgan fingerprint density at radius 3 is 2.57 bits per heavy atom. The van der Waals surface area contributed by atoms with Gasteiger partial charge in [0.15, 0.2) is 5.78 Å². The van der Waals surface area contributed by atoms with Crippen molar-refractivity contribution in [2.75, 3.05) is 6.54 Å². The fraction of sp³-hybridized carbons (Fsp3) is 0.750. The van der Waals surface area contributed by atoms with Gasteiger partial charge < -0.3 is 15.0 Å². The van der Waals surface area contributed by atoms with Crippen molar-refractivity contribution < 1.29 is 19.1 Å². The van der Waals surface area contributed by atoms with Crippen LogP contribution in [-0.2, 0) is 14.3 Å². The van der Waals surface area contributed by atoms with Crippen molar-refractivity contribution in [2.45, 2.75) is 65.1 Å². The van der Waals surface area contributed by atoms with Gasteiger partial charge in [0, 0.05) is 6.42 Å². The molecule has 3 atom stereocenters. The highest BCUT2D eigenvalue weighted by molar-refractivity contribution is 5.94. The van der Waals surface area contributed by atoms with Gasteiger partial charge in [-0.3, -0.25) is 9.59 Å². The second-order valence-electron chi connectivity index (χ2n) is 6.86. The molecule has 128 valence electrons. The molecule has 1 N–H and O–H groups in total. The largest absolute Gasteiger partial charge is 0.444 e. The lowest BCUT2D eigenvalue weighted by Crippen LogP contribution is -2.53. The summed E-state index contributed by atoms with van der Waals surface area (Å²) in [6.07, 6.45) is 0.0165. The van der Waals surface area contributed by atoms with Crippen LogP contribution in [0.5, 0.6) is 0 Å². The van der Waals surface area contributed by atoms with Gasteiger partial charge in [0.05, 0.1) is 12.6 Å². The second kappa shape index (κ2) is 7.44. The third-order valence-corrected chi connectivity index (χ3v) is 3.73. The monoisotopic (exact) mass is 323 g/mol. The van der Waals surface area contributed by atoms with Crippen LogP contribution in [-0.4, -0.2) is 46.9 Å². The molecule has 7 heteroatoms. The molecule has 1 rings (SSSR count). The standard InChI is InChI=1S/C16H25N3O4/c1-6-10(2)13(18-15(22)23-16(3,4)5)14(21)19-9-12(20)7-11(19)8-17/h10-11,13H,6-7,9H2,1-5H3,(H,18,22)/t10-,11-,13-/m0/s1. The van der Waals surface area contributed by atoms with Gasteiger partial charge in [0.2, 0.25) is 5.91 Å². The highest BCUT2D eigenvalue weighted by atomic mass is 16.6. The van der Waals surface area contributed by atoms with E-state index in [1.165, 1.54) is 4.90 Å². The average molecular weight is 323 g/mol. The van der Waals surface area contributed by atoms with Crippen molar-refractivity contribution in [3.63, 3.8) is 0 Å². The lowest BCUT2D eigenvalue weighted by Gasteiger charge is -2.30. The maximum absolute atomic E-state index is 12.7. The zero-order chi connectivity index (χ0) is 17.8. The summed E-state index contributed by atoms with van der Waals surface area (Å²) >= 11 is 0. The number of ketones is 1. The van der Waals surface area contributed by atoms with E-state index in [-0.39, 0.29) is 24.7 Å². The number of hydrogen-bond donors (Lipinski definition) is 1. The van der Waals surface area contributed by atoms with Gasteiger partial charge >= 0.3 is 6.09 Å². The molecule has 0 bridgehead atoms. The number of amides is 2. The van der Waals surface area contributed by atoms with Crippen molar-refractivity contribution in [3.8, 4) is 6.07 Å². The van der Waals surface area contributed by atoms with Gasteiger partial charge in [-0.05, 0) is 26.7 Å². The summed E-state index contributed by atoms with van der Waals surface area (Å²) in [5, 5.41) is 11.7. The number of nitriles is 1. The SMILES string of the molecule is CC[C@H](C)[C@H](NC(=O)OC(C)(C)C)C(=O)N1CC(=O)C[C@H]1C#N. The van der Waals surface area contributed by atoms with Crippen molar-refractivity contribution in [1.82, 2.24) is 10.2 Å². The van der Waals surface area contributed by atoms with E-state index < -0.39 is 29.7 Å². The first-order chi connectivity index (χ1) is 10.6. The van der Waals surface area contributed by atoms with Crippen molar-refractivity contribution in [1.29, 1.82) is 5.26 Å². The molecule has 0 spiro atoms. The molecule has 23 heavy (non-hydrogen) atoms. The first-order valence-electron chi connectivity index (χ1n) is 7.80. The maximum Gasteiger partial charge on any atom is 0.408 e. The lowest BCUT2D eigenvalue weighted by atomic mass is 9.97. The van der Waals surface area contributed by atoms with Crippen molar-refractivity contribution in [2.24, 2.45) is 5.92 Å². The highest BCUT2D eigenvalue weighted by Crippen LogP contribution is 2.19. The Labute approximate surface area is 137 Å². The summed E-state index contributed by atoms with van der Waals surface area (Å²) in [5.41, 5.74) is -0.675.